The van der Waals surface area contributed by atoms with Crippen molar-refractivity contribution in [3.05, 3.63) is 17.8 Å². The minimum atomic E-state index is -0.926. The number of hydrogen-bond acceptors (Lipinski definition) is 7. The van der Waals surface area contributed by atoms with Crippen molar-refractivity contribution in [2.24, 2.45) is 5.84 Å². The summed E-state index contributed by atoms with van der Waals surface area (Å²) in [7, 11) is 0. The fraction of sp³-hybridized carbons (Fsp3) is 0.500. The van der Waals surface area contributed by atoms with E-state index in [1.807, 2.05) is 6.92 Å². The van der Waals surface area contributed by atoms with Crippen molar-refractivity contribution in [1.82, 2.24) is 10.4 Å². The Morgan fingerprint density at radius 3 is 2.56 bits per heavy atom. The van der Waals surface area contributed by atoms with E-state index in [4.69, 9.17) is 10.6 Å². The van der Waals surface area contributed by atoms with Gasteiger partial charge in [0.1, 0.15) is 11.9 Å². The number of hydrazine groups is 1. The number of aromatic nitrogens is 1. The first-order valence-electron chi connectivity index (χ1n) is 8.17. The van der Waals surface area contributed by atoms with Gasteiger partial charge in [0.05, 0.1) is 11.9 Å². The van der Waals surface area contributed by atoms with Crippen LogP contribution in [-0.2, 0) is 19.1 Å². The molecule has 0 aliphatic carbocycles. The third-order valence-electron chi connectivity index (χ3n) is 3.97. The van der Waals surface area contributed by atoms with Gasteiger partial charge in [0, 0.05) is 32.4 Å². The molecular formula is C16H23N5O4. The molecule has 2 rings (SSSR count). The number of nitrogens with two attached hydrogens (primary N) is 1. The maximum Gasteiger partial charge on any atom is 0.323 e. The van der Waals surface area contributed by atoms with E-state index in [0.29, 0.717) is 12.1 Å². The first-order chi connectivity index (χ1) is 11.9. The second-order valence-electron chi connectivity index (χ2n) is 5.82. The molecule has 4 N–H and O–H groups in total. The maximum absolute atomic E-state index is 11.5. The molecule has 1 aliphatic rings. The molecule has 1 aromatic heterocycles. The normalized spacial score (nSPS) is 14.8. The summed E-state index contributed by atoms with van der Waals surface area (Å²) in [5.74, 6) is 3.77. The number of piperidine rings is 1. The third kappa shape index (κ3) is 4.90. The molecule has 9 nitrogen and oxygen atoms in total. The molecular weight excluding hydrogens is 326 g/mol. The SMILES string of the molecule is CCC(=O)OC1CCN(c2ncc(NC(=O)C(=O)NN)cc2C)CC1. The molecule has 25 heavy (non-hydrogen) atoms. The number of amides is 2. The minimum Gasteiger partial charge on any atom is -0.462 e. The highest BCUT2D eigenvalue weighted by Crippen LogP contribution is 2.24. The Bertz CT molecular complexity index is 656. The van der Waals surface area contributed by atoms with Gasteiger partial charge in [-0.1, -0.05) is 6.92 Å². The predicted molar refractivity (Wildman–Crippen MR) is 91.6 cm³/mol. The van der Waals surface area contributed by atoms with Gasteiger partial charge >= 0.3 is 17.8 Å². The number of carbonyl (C=O) groups excluding carboxylic acids is 3. The fourth-order valence-electron chi connectivity index (χ4n) is 2.68. The Morgan fingerprint density at radius 2 is 2.00 bits per heavy atom. The number of nitrogens with one attached hydrogen (secondary N) is 2. The van der Waals surface area contributed by atoms with Crippen molar-refractivity contribution in [1.29, 1.82) is 0 Å². The van der Waals surface area contributed by atoms with E-state index in [9.17, 15) is 14.4 Å². The summed E-state index contributed by atoms with van der Waals surface area (Å²) in [6.45, 7) is 5.13. The molecule has 0 saturated carbocycles. The summed E-state index contributed by atoms with van der Waals surface area (Å²) in [6, 6.07) is 1.74. The topological polar surface area (TPSA) is 127 Å². The zero-order valence-corrected chi connectivity index (χ0v) is 14.4. The fourth-order valence-corrected chi connectivity index (χ4v) is 2.68. The van der Waals surface area contributed by atoms with Crippen LogP contribution >= 0.6 is 0 Å². The lowest BCUT2D eigenvalue weighted by atomic mass is 10.1. The lowest BCUT2D eigenvalue weighted by molar-refractivity contribution is -0.149. The van der Waals surface area contributed by atoms with Crippen LogP contribution in [0.4, 0.5) is 11.5 Å². The number of esters is 1. The molecule has 1 fully saturated rings. The number of nitrogens with zero attached hydrogens (tertiary/aromatic N) is 2. The molecule has 1 aliphatic heterocycles. The number of ether oxygens (including phenoxy) is 1. The Morgan fingerprint density at radius 1 is 1.32 bits per heavy atom. The van der Waals surface area contributed by atoms with Gasteiger partial charge in [-0.3, -0.25) is 19.8 Å². The average Bonchev–Trinajstić information content (AvgIpc) is 2.61. The van der Waals surface area contributed by atoms with Gasteiger partial charge < -0.3 is 15.0 Å². The van der Waals surface area contributed by atoms with Gasteiger partial charge in [-0.05, 0) is 18.6 Å². The van der Waals surface area contributed by atoms with Crippen LogP contribution in [-0.4, -0.2) is 42.0 Å². The Kier molecular flexibility index (Phi) is 6.29. The van der Waals surface area contributed by atoms with Crippen molar-refractivity contribution in [2.45, 2.75) is 39.2 Å². The number of hydrogen-bond donors (Lipinski definition) is 3. The van der Waals surface area contributed by atoms with E-state index in [0.717, 1.165) is 37.3 Å². The predicted octanol–water partition coefficient (Wildman–Crippen LogP) is 0.240. The second kappa shape index (κ2) is 8.43. The summed E-state index contributed by atoms with van der Waals surface area (Å²) in [5.41, 5.74) is 3.06. The number of anilines is 2. The molecule has 0 spiro atoms. The molecule has 9 heteroatoms. The molecule has 2 amide bonds. The smallest absolute Gasteiger partial charge is 0.323 e. The van der Waals surface area contributed by atoms with Crippen molar-refractivity contribution in [3.63, 3.8) is 0 Å². The first-order valence-corrected chi connectivity index (χ1v) is 8.17. The standard InChI is InChI=1S/C16H23N5O4/c1-3-13(22)25-12-4-6-21(7-5-12)14-10(2)8-11(9-18-14)19-15(23)16(24)20-17/h8-9,12H,3-7,17H2,1-2H3,(H,19,23)(H,20,24). The highest BCUT2D eigenvalue weighted by atomic mass is 16.5. The molecule has 0 radical (unpaired) electrons. The van der Waals surface area contributed by atoms with Gasteiger partial charge in [-0.2, -0.15) is 0 Å². The van der Waals surface area contributed by atoms with E-state index in [-0.39, 0.29) is 12.1 Å². The van der Waals surface area contributed by atoms with Crippen LogP contribution in [0.2, 0.25) is 0 Å². The monoisotopic (exact) mass is 349 g/mol. The number of pyridine rings is 1. The molecule has 0 unspecified atom stereocenters. The van der Waals surface area contributed by atoms with Gasteiger partial charge in [0.25, 0.3) is 0 Å². The quantitative estimate of drug-likeness (QED) is 0.234. The van der Waals surface area contributed by atoms with E-state index < -0.39 is 11.8 Å². The Balaban J connectivity index is 1.96. The van der Waals surface area contributed by atoms with Crippen LogP contribution in [0.5, 0.6) is 0 Å². The first kappa shape index (κ1) is 18.7. The van der Waals surface area contributed by atoms with Gasteiger partial charge in [-0.25, -0.2) is 10.8 Å². The van der Waals surface area contributed by atoms with Crippen LogP contribution in [0.1, 0.15) is 31.7 Å². The lowest BCUT2D eigenvalue weighted by Crippen LogP contribution is -2.39. The van der Waals surface area contributed by atoms with Crippen molar-refractivity contribution in [3.8, 4) is 0 Å². The molecule has 0 aromatic carbocycles. The third-order valence-corrected chi connectivity index (χ3v) is 3.97. The molecule has 1 saturated heterocycles. The molecule has 136 valence electrons. The van der Waals surface area contributed by atoms with Crippen molar-refractivity contribution in [2.75, 3.05) is 23.3 Å². The summed E-state index contributed by atoms with van der Waals surface area (Å²) >= 11 is 0. The second-order valence-corrected chi connectivity index (χ2v) is 5.82. The largest absolute Gasteiger partial charge is 0.462 e. The highest BCUT2D eigenvalue weighted by molar-refractivity contribution is 6.39. The highest BCUT2D eigenvalue weighted by Gasteiger charge is 2.23. The zero-order chi connectivity index (χ0) is 18.4. The Labute approximate surface area is 145 Å². The summed E-state index contributed by atoms with van der Waals surface area (Å²) in [4.78, 5) is 40.5. The van der Waals surface area contributed by atoms with Crippen LogP contribution in [0.25, 0.3) is 0 Å². The number of carbonyl (C=O) groups is 3. The summed E-state index contributed by atoms with van der Waals surface area (Å²) < 4.78 is 5.37. The van der Waals surface area contributed by atoms with Crippen LogP contribution < -0.4 is 21.5 Å². The lowest BCUT2D eigenvalue weighted by Gasteiger charge is -2.33. The zero-order valence-electron chi connectivity index (χ0n) is 14.4. The summed E-state index contributed by atoms with van der Waals surface area (Å²) in [5, 5.41) is 2.43. The van der Waals surface area contributed by atoms with Crippen LogP contribution in [0, 0.1) is 6.92 Å². The molecule has 1 aromatic rings. The van der Waals surface area contributed by atoms with Crippen molar-refractivity contribution < 1.29 is 19.1 Å². The average molecular weight is 349 g/mol. The van der Waals surface area contributed by atoms with Crippen LogP contribution in [0.3, 0.4) is 0 Å². The van der Waals surface area contributed by atoms with Gasteiger partial charge in [0.15, 0.2) is 0 Å². The summed E-state index contributed by atoms with van der Waals surface area (Å²) in [6.07, 6.45) is 3.34. The molecule has 2 heterocycles. The maximum atomic E-state index is 11.5. The van der Waals surface area contributed by atoms with Gasteiger partial charge in [-0.15, -0.1) is 0 Å². The minimum absolute atomic E-state index is 0.0441. The van der Waals surface area contributed by atoms with E-state index in [1.165, 1.54) is 6.20 Å². The number of aryl methyl sites for hydroxylation is 1. The van der Waals surface area contributed by atoms with E-state index in [2.05, 4.69) is 15.2 Å². The van der Waals surface area contributed by atoms with E-state index >= 15 is 0 Å². The number of rotatable bonds is 4. The van der Waals surface area contributed by atoms with Crippen LogP contribution in [0.15, 0.2) is 12.3 Å². The van der Waals surface area contributed by atoms with Gasteiger partial charge in [0.2, 0.25) is 0 Å². The van der Waals surface area contributed by atoms with Crippen molar-refractivity contribution >= 4 is 29.3 Å². The van der Waals surface area contributed by atoms with E-state index in [1.54, 1.807) is 18.4 Å². The Hall–Kier alpha value is -2.68. The molecule has 0 atom stereocenters. The molecule has 0 bridgehead atoms.